The number of thiazole rings is 1. The number of alkyl halides is 5. The zero-order valence-corrected chi connectivity index (χ0v) is 25.7. The number of aromatic nitrogens is 1. The summed E-state index contributed by atoms with van der Waals surface area (Å²) in [5.74, 6) is -2.98. The molecule has 1 heterocycles. The van der Waals surface area contributed by atoms with Crippen LogP contribution in [0, 0.1) is 5.41 Å². The number of rotatable bonds is 10. The summed E-state index contributed by atoms with van der Waals surface area (Å²) in [5, 5.41) is 7.98. The van der Waals surface area contributed by atoms with Crippen LogP contribution < -0.4 is 20.7 Å². The lowest BCUT2D eigenvalue weighted by atomic mass is 9.91. The number of hydrogen-bond acceptors (Lipinski definition) is 6. The van der Waals surface area contributed by atoms with Crippen molar-refractivity contribution in [2.75, 3.05) is 17.2 Å². The van der Waals surface area contributed by atoms with Gasteiger partial charge < -0.3 is 15.4 Å². The van der Waals surface area contributed by atoms with E-state index in [-0.39, 0.29) is 44.8 Å². The molecule has 1 aromatic heterocycles. The first-order valence-electron chi connectivity index (χ1n) is 12.9. The molecule has 0 aliphatic heterocycles. The highest BCUT2D eigenvalue weighted by molar-refractivity contribution is 7.22. The summed E-state index contributed by atoms with van der Waals surface area (Å²) in [7, 11) is 0. The summed E-state index contributed by atoms with van der Waals surface area (Å²) in [5.41, 5.74) is -2.01. The SMILES string of the molecule is CC(C)(C(=O)NCc1ccc(Cl)c(C(=O)Nc2ccc(OCC(F)F)c(C(=O)Nc3nc4ccc(Cl)cc4s3)c2)c1)C(F)(F)F. The maximum absolute atomic E-state index is 13.2. The van der Waals surface area contributed by atoms with Gasteiger partial charge in [0.2, 0.25) is 5.91 Å². The number of fused-ring (bicyclic) bond motifs is 1. The lowest BCUT2D eigenvalue weighted by Gasteiger charge is -2.26. The van der Waals surface area contributed by atoms with Crippen LogP contribution in [0.2, 0.25) is 10.0 Å². The molecule has 0 saturated carbocycles. The molecule has 0 unspecified atom stereocenters. The van der Waals surface area contributed by atoms with Crippen LogP contribution in [0.25, 0.3) is 10.2 Å². The van der Waals surface area contributed by atoms with Gasteiger partial charge >= 0.3 is 6.18 Å². The van der Waals surface area contributed by atoms with E-state index < -0.39 is 42.3 Å². The van der Waals surface area contributed by atoms with Crippen molar-refractivity contribution in [3.8, 4) is 5.75 Å². The number of anilines is 2. The lowest BCUT2D eigenvalue weighted by molar-refractivity contribution is -0.211. The maximum atomic E-state index is 13.2. The maximum Gasteiger partial charge on any atom is 0.402 e. The third-order valence-electron chi connectivity index (χ3n) is 6.42. The van der Waals surface area contributed by atoms with E-state index in [1.807, 2.05) is 0 Å². The summed E-state index contributed by atoms with van der Waals surface area (Å²) < 4.78 is 71.1. The predicted molar refractivity (Wildman–Crippen MR) is 162 cm³/mol. The molecule has 3 amide bonds. The number of carbonyl (C=O) groups excluding carboxylic acids is 3. The van der Waals surface area contributed by atoms with Crippen molar-refractivity contribution >= 4 is 73.3 Å². The van der Waals surface area contributed by atoms with Crippen molar-refractivity contribution in [2.45, 2.75) is 33.0 Å². The number of halogens is 7. The predicted octanol–water partition coefficient (Wildman–Crippen LogP) is 7.96. The van der Waals surface area contributed by atoms with E-state index in [1.165, 1.54) is 36.4 Å². The van der Waals surface area contributed by atoms with Crippen molar-refractivity contribution < 1.29 is 41.1 Å². The average molecular weight is 689 g/mol. The number of carbonyl (C=O) groups is 3. The van der Waals surface area contributed by atoms with Gasteiger partial charge in [0, 0.05) is 17.3 Å². The first-order valence-corrected chi connectivity index (χ1v) is 14.5. The van der Waals surface area contributed by atoms with Crippen LogP contribution in [0.4, 0.5) is 32.8 Å². The van der Waals surface area contributed by atoms with Gasteiger partial charge in [-0.15, -0.1) is 0 Å². The number of amides is 3. The molecule has 3 N–H and O–H groups in total. The Balaban J connectivity index is 1.54. The molecule has 0 bridgehead atoms. The second kappa shape index (κ2) is 13.5. The first kappa shape index (κ1) is 33.9. The van der Waals surface area contributed by atoms with E-state index in [2.05, 4.69) is 20.9 Å². The fraction of sp³-hybridized carbons (Fsp3) is 0.241. The monoisotopic (exact) mass is 688 g/mol. The Labute approximate surface area is 266 Å². The minimum Gasteiger partial charge on any atom is -0.487 e. The van der Waals surface area contributed by atoms with Crippen LogP contribution in [0.1, 0.15) is 40.1 Å². The van der Waals surface area contributed by atoms with Gasteiger partial charge in [-0.1, -0.05) is 40.6 Å². The summed E-state index contributed by atoms with van der Waals surface area (Å²) in [6.45, 7) is 0.172. The van der Waals surface area contributed by atoms with Crippen LogP contribution in [0.5, 0.6) is 5.75 Å². The second-order valence-corrected chi connectivity index (χ2v) is 11.9. The summed E-state index contributed by atoms with van der Waals surface area (Å²) >= 11 is 13.3. The first-order chi connectivity index (χ1) is 21.0. The van der Waals surface area contributed by atoms with Crippen LogP contribution >= 0.6 is 34.5 Å². The average Bonchev–Trinajstić information content (AvgIpc) is 3.36. The minimum absolute atomic E-state index is 0.0102. The van der Waals surface area contributed by atoms with E-state index in [9.17, 15) is 36.3 Å². The van der Waals surface area contributed by atoms with E-state index >= 15 is 0 Å². The van der Waals surface area contributed by atoms with Crippen LogP contribution in [-0.2, 0) is 11.3 Å². The van der Waals surface area contributed by atoms with E-state index in [0.717, 1.165) is 25.2 Å². The van der Waals surface area contributed by atoms with Crippen LogP contribution in [0.15, 0.2) is 54.6 Å². The number of ether oxygens (including phenoxy) is 1. The third kappa shape index (κ3) is 8.18. The Bertz CT molecular complexity index is 1760. The van der Waals surface area contributed by atoms with Crippen molar-refractivity contribution in [1.82, 2.24) is 10.3 Å². The topological polar surface area (TPSA) is 109 Å². The zero-order chi connectivity index (χ0) is 33.1. The largest absolute Gasteiger partial charge is 0.487 e. The molecule has 4 aromatic rings. The quantitative estimate of drug-likeness (QED) is 0.147. The van der Waals surface area contributed by atoms with Gasteiger partial charge in [-0.05, 0) is 67.9 Å². The number of benzene rings is 3. The molecule has 0 aliphatic rings. The lowest BCUT2D eigenvalue weighted by Crippen LogP contribution is -2.46. The Morgan fingerprint density at radius 1 is 0.933 bits per heavy atom. The molecule has 8 nitrogen and oxygen atoms in total. The highest BCUT2D eigenvalue weighted by Crippen LogP contribution is 2.37. The second-order valence-electron chi connectivity index (χ2n) is 10.1. The molecule has 0 saturated heterocycles. The number of hydrogen-bond donors (Lipinski definition) is 3. The zero-order valence-electron chi connectivity index (χ0n) is 23.3. The standard InChI is InChI=1S/C29H23Cl2F5N4O4S/c1-28(2,29(34,35)36)26(43)37-12-14-3-6-19(31)17(9-14)24(41)38-16-5-8-21(44-13-23(32)33)18(11-16)25(42)40-27-39-20-7-4-15(30)10-22(20)45-27/h3-11,23H,12-13H2,1-2H3,(H,37,43)(H,38,41)(H,39,40,42). The smallest absolute Gasteiger partial charge is 0.402 e. The Morgan fingerprint density at radius 2 is 1.64 bits per heavy atom. The summed E-state index contributed by atoms with van der Waals surface area (Å²) in [6.07, 6.45) is -7.60. The van der Waals surface area contributed by atoms with Gasteiger partial charge in [0.05, 0.1) is 26.4 Å². The van der Waals surface area contributed by atoms with Crippen molar-refractivity contribution in [3.05, 3.63) is 81.3 Å². The molecular weight excluding hydrogens is 666 g/mol. The highest BCUT2D eigenvalue weighted by atomic mass is 35.5. The van der Waals surface area contributed by atoms with Crippen molar-refractivity contribution in [2.24, 2.45) is 5.41 Å². The van der Waals surface area contributed by atoms with Gasteiger partial charge in [-0.2, -0.15) is 13.2 Å². The Kier molecular flexibility index (Phi) is 10.2. The number of nitrogens with one attached hydrogen (secondary N) is 3. The molecule has 0 radical (unpaired) electrons. The molecular formula is C29H23Cl2F5N4O4S. The fourth-order valence-electron chi connectivity index (χ4n) is 3.77. The molecule has 238 valence electrons. The molecule has 0 aliphatic carbocycles. The molecule has 0 spiro atoms. The molecule has 0 atom stereocenters. The fourth-order valence-corrected chi connectivity index (χ4v) is 5.11. The summed E-state index contributed by atoms with van der Waals surface area (Å²) in [4.78, 5) is 42.8. The van der Waals surface area contributed by atoms with E-state index in [1.54, 1.807) is 18.2 Å². The van der Waals surface area contributed by atoms with Crippen molar-refractivity contribution in [1.29, 1.82) is 0 Å². The van der Waals surface area contributed by atoms with Gasteiger partial charge in [-0.25, -0.2) is 13.8 Å². The molecule has 0 fully saturated rings. The van der Waals surface area contributed by atoms with Gasteiger partial charge in [0.1, 0.15) is 17.8 Å². The van der Waals surface area contributed by atoms with Crippen LogP contribution in [0.3, 0.4) is 0 Å². The van der Waals surface area contributed by atoms with Gasteiger partial charge in [0.15, 0.2) is 5.13 Å². The summed E-state index contributed by atoms with van der Waals surface area (Å²) in [6, 6.07) is 12.7. The van der Waals surface area contributed by atoms with E-state index in [4.69, 9.17) is 27.9 Å². The number of nitrogens with zero attached hydrogens (tertiary/aromatic N) is 1. The Hall–Kier alpha value is -4.01. The Morgan fingerprint density at radius 3 is 2.33 bits per heavy atom. The molecule has 16 heteroatoms. The third-order valence-corrected chi connectivity index (χ3v) is 7.92. The molecule has 4 rings (SSSR count). The van der Waals surface area contributed by atoms with Gasteiger partial charge in [0.25, 0.3) is 18.2 Å². The van der Waals surface area contributed by atoms with Crippen molar-refractivity contribution in [3.63, 3.8) is 0 Å². The normalized spacial score (nSPS) is 11.9. The van der Waals surface area contributed by atoms with Gasteiger partial charge in [-0.3, -0.25) is 19.7 Å². The van der Waals surface area contributed by atoms with E-state index in [0.29, 0.717) is 15.2 Å². The molecule has 3 aromatic carbocycles. The van der Waals surface area contributed by atoms with Crippen LogP contribution in [-0.4, -0.2) is 41.9 Å². The highest BCUT2D eigenvalue weighted by Gasteiger charge is 2.52. The molecule has 45 heavy (non-hydrogen) atoms. The minimum atomic E-state index is -4.78.